The van der Waals surface area contributed by atoms with Crippen molar-refractivity contribution in [2.75, 3.05) is 44.4 Å². The number of hydrogen-bond acceptors (Lipinski definition) is 5. The van der Waals surface area contributed by atoms with E-state index in [-0.39, 0.29) is 17.7 Å². The van der Waals surface area contributed by atoms with Gasteiger partial charge in [-0.2, -0.15) is 0 Å². The van der Waals surface area contributed by atoms with Crippen molar-refractivity contribution >= 4 is 43.9 Å². The molecule has 0 saturated carbocycles. The van der Waals surface area contributed by atoms with Crippen LogP contribution in [0.5, 0.6) is 0 Å². The van der Waals surface area contributed by atoms with Crippen molar-refractivity contribution in [3.63, 3.8) is 0 Å². The molecule has 1 N–H and O–H groups in total. The van der Waals surface area contributed by atoms with Crippen molar-refractivity contribution in [2.45, 2.75) is 20.3 Å². The number of nitrogens with one attached hydrogen (secondary N) is 1. The Balaban J connectivity index is 1.50. The Morgan fingerprint density at radius 1 is 1.12 bits per heavy atom. The number of fused-ring (bicyclic) bond motifs is 1. The third-order valence-electron chi connectivity index (χ3n) is 6.21. The zero-order valence-electron chi connectivity index (χ0n) is 20.4. The monoisotopic (exact) mass is 478 g/mol. The highest BCUT2D eigenvalue weighted by molar-refractivity contribution is 7.22. The maximum atomic E-state index is 13.5. The summed E-state index contributed by atoms with van der Waals surface area (Å²) in [6.45, 7) is 5.89. The maximum Gasteiger partial charge on any atom is 0.255 e. The van der Waals surface area contributed by atoms with Crippen LogP contribution in [0, 0.1) is 12.8 Å². The molecule has 1 aromatic heterocycles. The molecule has 0 radical (unpaired) electrons. The molecule has 5 nitrogen and oxygen atoms in total. The summed E-state index contributed by atoms with van der Waals surface area (Å²) >= 11 is 1.65. The molecule has 1 heterocycles. The van der Waals surface area contributed by atoms with Crippen molar-refractivity contribution < 1.29 is 9.18 Å². The number of carbonyl (C=O) groups excluding carboxylic acids is 1. The highest BCUT2D eigenvalue weighted by Crippen LogP contribution is 2.35. The van der Waals surface area contributed by atoms with Gasteiger partial charge in [0.1, 0.15) is 5.83 Å². The fourth-order valence-electron chi connectivity index (χ4n) is 4.06. The first-order chi connectivity index (χ1) is 16.2. The first-order valence-electron chi connectivity index (χ1n) is 11.5. The van der Waals surface area contributed by atoms with Crippen LogP contribution < -0.4 is 10.2 Å². The molecule has 1 amide bonds. The summed E-state index contributed by atoms with van der Waals surface area (Å²) in [5, 5.41) is 4.03. The molecule has 178 valence electrons. The topological polar surface area (TPSA) is 48.5 Å². The third-order valence-corrected chi connectivity index (χ3v) is 7.51. The fraction of sp³-hybridized carbons (Fsp3) is 0.333. The molecule has 0 bridgehead atoms. The molecule has 0 aliphatic heterocycles. The predicted octanol–water partition coefficient (Wildman–Crippen LogP) is 6.13. The van der Waals surface area contributed by atoms with Gasteiger partial charge in [-0.15, -0.1) is 0 Å². The molecule has 2 aromatic carbocycles. The van der Waals surface area contributed by atoms with Crippen LogP contribution in [0.1, 0.15) is 34.8 Å². The van der Waals surface area contributed by atoms with E-state index < -0.39 is 0 Å². The van der Waals surface area contributed by atoms with Crippen LogP contribution >= 0.6 is 11.3 Å². The van der Waals surface area contributed by atoms with Gasteiger partial charge in [0.15, 0.2) is 5.13 Å². The number of thiazole rings is 1. The molecule has 0 saturated heterocycles. The van der Waals surface area contributed by atoms with Gasteiger partial charge in [0.05, 0.1) is 10.2 Å². The number of nitrogens with zero attached hydrogens (tertiary/aromatic N) is 3. The van der Waals surface area contributed by atoms with Crippen molar-refractivity contribution in [1.82, 2.24) is 9.88 Å². The average Bonchev–Trinajstić information content (AvgIpc) is 3.25. The third kappa shape index (κ3) is 5.21. The van der Waals surface area contributed by atoms with E-state index in [1.165, 1.54) is 6.08 Å². The predicted molar refractivity (Wildman–Crippen MR) is 142 cm³/mol. The minimum atomic E-state index is -0.154. The highest BCUT2D eigenvalue weighted by Gasteiger charge is 2.18. The van der Waals surface area contributed by atoms with Gasteiger partial charge >= 0.3 is 0 Å². The summed E-state index contributed by atoms with van der Waals surface area (Å²) in [6.07, 6.45) is 3.78. The summed E-state index contributed by atoms with van der Waals surface area (Å²) in [7, 11) is 6.18. The Kier molecular flexibility index (Phi) is 7.14. The van der Waals surface area contributed by atoms with Crippen molar-refractivity contribution in [3.05, 3.63) is 71.1 Å². The van der Waals surface area contributed by atoms with Crippen LogP contribution in [0.3, 0.4) is 0 Å². The van der Waals surface area contributed by atoms with Gasteiger partial charge in [-0.3, -0.25) is 4.79 Å². The second kappa shape index (κ2) is 10.1. The summed E-state index contributed by atoms with van der Waals surface area (Å²) < 4.78 is 14.6. The average molecular weight is 479 g/mol. The number of benzene rings is 2. The lowest BCUT2D eigenvalue weighted by Crippen LogP contribution is -2.28. The Morgan fingerprint density at radius 2 is 1.85 bits per heavy atom. The summed E-state index contributed by atoms with van der Waals surface area (Å²) in [6, 6.07) is 11.4. The largest absolute Gasteiger partial charge is 0.350 e. The van der Waals surface area contributed by atoms with Gasteiger partial charge in [-0.1, -0.05) is 36.5 Å². The van der Waals surface area contributed by atoms with Gasteiger partial charge in [0.25, 0.3) is 5.91 Å². The lowest BCUT2D eigenvalue weighted by atomic mass is 9.87. The van der Waals surface area contributed by atoms with Crippen LogP contribution in [0.25, 0.3) is 15.8 Å². The summed E-state index contributed by atoms with van der Waals surface area (Å²) in [4.78, 5) is 22.0. The van der Waals surface area contributed by atoms with Crippen LogP contribution in [-0.2, 0) is 0 Å². The van der Waals surface area contributed by atoms with E-state index in [4.69, 9.17) is 4.98 Å². The number of rotatable bonds is 7. The van der Waals surface area contributed by atoms with E-state index in [1.54, 1.807) is 11.3 Å². The molecule has 0 spiro atoms. The number of likely N-dealkylation sites (N-methyl/N-ethyl adjacent to an activating group) is 2. The lowest BCUT2D eigenvalue weighted by Gasteiger charge is -2.19. The quantitative estimate of drug-likeness (QED) is 0.444. The first kappa shape index (κ1) is 24.1. The number of aromatic nitrogens is 1. The Labute approximate surface area is 204 Å². The van der Waals surface area contributed by atoms with Crippen LogP contribution in [0.2, 0.25) is 0 Å². The number of anilines is 2. The number of amides is 1. The van der Waals surface area contributed by atoms with E-state index >= 15 is 0 Å². The van der Waals surface area contributed by atoms with Crippen LogP contribution in [-0.4, -0.2) is 50.0 Å². The summed E-state index contributed by atoms with van der Waals surface area (Å²) in [5.41, 5.74) is 5.44. The Morgan fingerprint density at radius 3 is 2.53 bits per heavy atom. The molecule has 1 aliphatic carbocycles. The zero-order valence-corrected chi connectivity index (χ0v) is 21.2. The van der Waals surface area contributed by atoms with Crippen molar-refractivity contribution in [3.8, 4) is 0 Å². The van der Waals surface area contributed by atoms with Crippen LogP contribution in [0.4, 0.5) is 15.2 Å². The molecule has 1 atom stereocenters. The SMILES string of the molecule is Cc1c(NC(=O)c2ccc(C3=CC=C(F)CC3C)cc2)ccc2nc(N(C)CCN(C)C)sc12. The lowest BCUT2D eigenvalue weighted by molar-refractivity contribution is 0.102. The number of carbonyl (C=O) groups is 1. The van der Waals surface area contributed by atoms with E-state index in [0.717, 1.165) is 50.8 Å². The smallest absolute Gasteiger partial charge is 0.255 e. The number of aryl methyl sites for hydroxylation is 1. The van der Waals surface area contributed by atoms with E-state index in [1.807, 2.05) is 56.3 Å². The molecule has 1 aliphatic rings. The zero-order chi connectivity index (χ0) is 24.4. The second-order valence-electron chi connectivity index (χ2n) is 9.18. The molecule has 34 heavy (non-hydrogen) atoms. The minimum Gasteiger partial charge on any atom is -0.350 e. The maximum absolute atomic E-state index is 13.5. The van der Waals surface area contributed by atoms with Crippen molar-refractivity contribution in [2.24, 2.45) is 5.92 Å². The number of hydrogen-bond donors (Lipinski definition) is 1. The van der Waals surface area contributed by atoms with Crippen LogP contribution in [0.15, 0.2) is 54.4 Å². The molecular weight excluding hydrogens is 447 g/mol. The molecular formula is C27H31FN4OS. The van der Waals surface area contributed by atoms with E-state index in [9.17, 15) is 9.18 Å². The fourth-order valence-corrected chi connectivity index (χ4v) is 5.11. The van der Waals surface area contributed by atoms with Gasteiger partial charge in [0, 0.05) is 37.8 Å². The van der Waals surface area contributed by atoms with Gasteiger partial charge in [-0.25, -0.2) is 9.37 Å². The first-order valence-corrected chi connectivity index (χ1v) is 12.3. The Hall–Kier alpha value is -3.03. The standard InChI is InChI=1S/C27H31FN4OS/c1-17-16-21(28)10-11-22(17)19-6-8-20(9-7-19)26(33)29-23-12-13-24-25(18(23)2)34-27(30-24)32(5)15-14-31(3)4/h6-13,17H,14-16H2,1-5H3,(H,29,33). The molecule has 3 aromatic rings. The minimum absolute atomic E-state index is 0.0899. The molecule has 4 rings (SSSR count). The number of allylic oxidation sites excluding steroid dienone is 4. The molecule has 0 fully saturated rings. The van der Waals surface area contributed by atoms with Crippen molar-refractivity contribution in [1.29, 1.82) is 0 Å². The normalized spacial score (nSPS) is 15.9. The number of halogens is 1. The molecule has 7 heteroatoms. The second-order valence-corrected chi connectivity index (χ2v) is 10.2. The van der Waals surface area contributed by atoms with Gasteiger partial charge in [-0.05, 0) is 74.0 Å². The van der Waals surface area contributed by atoms with Gasteiger partial charge in [0.2, 0.25) is 0 Å². The van der Waals surface area contributed by atoms with Gasteiger partial charge < -0.3 is 15.1 Å². The summed E-state index contributed by atoms with van der Waals surface area (Å²) in [5.74, 6) is -0.128. The molecule has 1 unspecified atom stereocenters. The van der Waals surface area contributed by atoms with E-state index in [0.29, 0.717) is 12.0 Å². The highest BCUT2D eigenvalue weighted by atomic mass is 32.1. The van der Waals surface area contributed by atoms with E-state index in [2.05, 4.69) is 36.3 Å². The Bertz CT molecular complexity index is 1260.